The Labute approximate surface area is 66.9 Å². The molecular weight excluding hydrogens is 156 g/mol. The molecule has 0 unspecified atom stereocenters. The molecule has 0 aromatic carbocycles. The van der Waals surface area contributed by atoms with Gasteiger partial charge in [0.25, 0.3) is 5.56 Å². The molecule has 2 aromatic heterocycles. The molecule has 0 bridgehead atoms. The highest BCUT2D eigenvalue weighted by Crippen LogP contribution is 2.01. The fourth-order valence-electron chi connectivity index (χ4n) is 1.11. The molecule has 0 radical (unpaired) electrons. The van der Waals surface area contributed by atoms with Gasteiger partial charge in [-0.05, 0) is 11.5 Å². The maximum atomic E-state index is 11.1. The van der Waals surface area contributed by atoms with Gasteiger partial charge in [-0.1, -0.05) is 0 Å². The average molecular weight is 162 g/mol. The van der Waals surface area contributed by atoms with Crippen LogP contribution >= 0.6 is 0 Å². The third kappa shape index (κ3) is 0.934. The number of pyridine rings is 2. The monoisotopic (exact) mass is 162 g/mol. The van der Waals surface area contributed by atoms with Crippen molar-refractivity contribution in [2.75, 3.05) is 0 Å². The normalized spacial score (nSPS) is 10.3. The Morgan fingerprint density at radius 1 is 1.17 bits per heavy atom. The molecule has 0 atom stereocenters. The molecule has 0 amide bonds. The summed E-state index contributed by atoms with van der Waals surface area (Å²) in [6, 6.07) is 3.08. The molecule has 2 heterocycles. The Bertz CT molecular complexity index is 524. The molecule has 12 heavy (non-hydrogen) atoms. The van der Waals surface area contributed by atoms with Crippen molar-refractivity contribution in [3.63, 3.8) is 0 Å². The van der Waals surface area contributed by atoms with Crippen molar-refractivity contribution in [2.45, 2.75) is 0 Å². The number of nitrogens with one attached hydrogen (secondary N) is 2. The van der Waals surface area contributed by atoms with Gasteiger partial charge in [0.2, 0.25) is 5.56 Å². The molecule has 0 saturated heterocycles. The van der Waals surface area contributed by atoms with Gasteiger partial charge < -0.3 is 9.97 Å². The number of hydrogen-bond acceptors (Lipinski definition) is 2. The van der Waals surface area contributed by atoms with E-state index in [1.54, 1.807) is 6.07 Å². The van der Waals surface area contributed by atoms with Gasteiger partial charge in [-0.15, -0.1) is 0 Å². The lowest BCUT2D eigenvalue weighted by Gasteiger charge is -1.92. The van der Waals surface area contributed by atoms with Crippen LogP contribution < -0.4 is 11.1 Å². The van der Waals surface area contributed by atoms with E-state index in [9.17, 15) is 9.59 Å². The maximum Gasteiger partial charge on any atom is 0.257 e. The van der Waals surface area contributed by atoms with Crippen LogP contribution in [0.15, 0.2) is 34.1 Å². The van der Waals surface area contributed by atoms with E-state index < -0.39 is 0 Å². The Kier molecular flexibility index (Phi) is 1.33. The van der Waals surface area contributed by atoms with Gasteiger partial charge >= 0.3 is 0 Å². The molecule has 2 aromatic rings. The summed E-state index contributed by atoms with van der Waals surface area (Å²) in [5, 5.41) is 1.15. The number of aromatic amines is 2. The van der Waals surface area contributed by atoms with Crippen molar-refractivity contribution < 1.29 is 0 Å². The molecule has 0 aliphatic heterocycles. The Hall–Kier alpha value is -1.84. The summed E-state index contributed by atoms with van der Waals surface area (Å²) in [6.45, 7) is 0. The van der Waals surface area contributed by atoms with Crippen LogP contribution in [0, 0.1) is 0 Å². The zero-order valence-corrected chi connectivity index (χ0v) is 6.13. The van der Waals surface area contributed by atoms with Crippen molar-refractivity contribution in [1.29, 1.82) is 0 Å². The number of aromatic nitrogens is 2. The highest BCUT2D eigenvalue weighted by Gasteiger charge is 1.96. The zero-order chi connectivity index (χ0) is 8.55. The second-order valence-corrected chi connectivity index (χ2v) is 2.47. The van der Waals surface area contributed by atoms with E-state index >= 15 is 0 Å². The molecule has 4 heteroatoms. The maximum absolute atomic E-state index is 11.1. The minimum atomic E-state index is -0.201. The molecule has 4 nitrogen and oxygen atoms in total. The van der Waals surface area contributed by atoms with Gasteiger partial charge in [-0.25, -0.2) is 0 Å². The standard InChI is InChI=1S/C8H6N2O2/c11-7-3-5-1-2-9-8(12)6(5)4-10-7/h1-4H,(H,9,12)(H,10,11). The molecule has 60 valence electrons. The molecule has 0 aliphatic rings. The highest BCUT2D eigenvalue weighted by molar-refractivity contribution is 5.79. The summed E-state index contributed by atoms with van der Waals surface area (Å²) in [5.74, 6) is 0. The first kappa shape index (κ1) is 6.84. The van der Waals surface area contributed by atoms with E-state index in [4.69, 9.17) is 0 Å². The van der Waals surface area contributed by atoms with Crippen molar-refractivity contribution in [3.05, 3.63) is 45.2 Å². The third-order valence-electron chi connectivity index (χ3n) is 1.68. The van der Waals surface area contributed by atoms with Crippen LogP contribution in [-0.4, -0.2) is 9.97 Å². The largest absolute Gasteiger partial charge is 0.329 e. The van der Waals surface area contributed by atoms with E-state index in [2.05, 4.69) is 9.97 Å². The summed E-state index contributed by atoms with van der Waals surface area (Å²) >= 11 is 0. The van der Waals surface area contributed by atoms with Crippen LogP contribution in [-0.2, 0) is 0 Å². The number of rotatable bonds is 0. The summed E-state index contributed by atoms with van der Waals surface area (Å²) in [6.07, 6.45) is 2.93. The quantitative estimate of drug-likeness (QED) is 0.581. The predicted octanol–water partition coefficient (Wildman–Crippen LogP) is 0.216. The first-order valence-corrected chi connectivity index (χ1v) is 3.47. The average Bonchev–Trinajstić information content (AvgIpc) is 2.04. The van der Waals surface area contributed by atoms with Gasteiger partial charge in [0, 0.05) is 18.5 Å². The minimum Gasteiger partial charge on any atom is -0.329 e. The first-order valence-electron chi connectivity index (χ1n) is 3.47. The van der Waals surface area contributed by atoms with E-state index in [-0.39, 0.29) is 11.1 Å². The lowest BCUT2D eigenvalue weighted by molar-refractivity contribution is 1.22. The molecule has 2 N–H and O–H groups in total. The van der Waals surface area contributed by atoms with Crippen LogP contribution in [0.4, 0.5) is 0 Å². The van der Waals surface area contributed by atoms with Gasteiger partial charge in [0.1, 0.15) is 0 Å². The second kappa shape index (κ2) is 2.34. The Balaban J connectivity index is 3.06. The van der Waals surface area contributed by atoms with Crippen LogP contribution in [0.1, 0.15) is 0 Å². The molecule has 2 rings (SSSR count). The zero-order valence-electron chi connectivity index (χ0n) is 6.13. The SMILES string of the molecule is O=c1cc2cc[nH]c(=O)c2c[nH]1. The van der Waals surface area contributed by atoms with E-state index in [1.165, 1.54) is 18.5 Å². The van der Waals surface area contributed by atoms with Crippen molar-refractivity contribution >= 4 is 10.8 Å². The van der Waals surface area contributed by atoms with Crippen molar-refractivity contribution in [1.82, 2.24) is 9.97 Å². The number of fused-ring (bicyclic) bond motifs is 1. The predicted molar refractivity (Wildman–Crippen MR) is 45.2 cm³/mol. The summed E-state index contributed by atoms with van der Waals surface area (Å²) in [5.41, 5.74) is -0.392. The van der Waals surface area contributed by atoms with Crippen molar-refractivity contribution in [2.24, 2.45) is 0 Å². The highest BCUT2D eigenvalue weighted by atomic mass is 16.1. The lowest BCUT2D eigenvalue weighted by atomic mass is 10.2. The van der Waals surface area contributed by atoms with Gasteiger partial charge in [0.05, 0.1) is 5.39 Å². The first-order chi connectivity index (χ1) is 5.77. The van der Waals surface area contributed by atoms with Crippen LogP contribution in [0.5, 0.6) is 0 Å². The Morgan fingerprint density at radius 3 is 2.83 bits per heavy atom. The van der Waals surface area contributed by atoms with Crippen LogP contribution in [0.25, 0.3) is 10.8 Å². The van der Waals surface area contributed by atoms with Gasteiger partial charge in [-0.3, -0.25) is 9.59 Å². The number of hydrogen-bond donors (Lipinski definition) is 2. The molecule has 0 spiro atoms. The van der Waals surface area contributed by atoms with Crippen LogP contribution in [0.2, 0.25) is 0 Å². The topological polar surface area (TPSA) is 65.7 Å². The fraction of sp³-hybridized carbons (Fsp3) is 0. The summed E-state index contributed by atoms with van der Waals surface area (Å²) in [4.78, 5) is 26.9. The fourth-order valence-corrected chi connectivity index (χ4v) is 1.11. The molecular formula is C8H6N2O2. The lowest BCUT2D eigenvalue weighted by Crippen LogP contribution is -2.09. The summed E-state index contributed by atoms with van der Waals surface area (Å²) in [7, 11) is 0. The van der Waals surface area contributed by atoms with E-state index in [0.717, 1.165) is 0 Å². The summed E-state index contributed by atoms with van der Waals surface area (Å²) < 4.78 is 0. The number of H-pyrrole nitrogens is 2. The van der Waals surface area contributed by atoms with Crippen LogP contribution in [0.3, 0.4) is 0 Å². The molecule has 0 saturated carbocycles. The second-order valence-electron chi connectivity index (χ2n) is 2.47. The molecule has 0 aliphatic carbocycles. The van der Waals surface area contributed by atoms with Crippen molar-refractivity contribution in [3.8, 4) is 0 Å². The van der Waals surface area contributed by atoms with E-state index in [1.807, 2.05) is 0 Å². The van der Waals surface area contributed by atoms with Gasteiger partial charge in [0.15, 0.2) is 0 Å². The minimum absolute atomic E-state index is 0.191. The molecule has 0 fully saturated rings. The third-order valence-corrected chi connectivity index (χ3v) is 1.68. The Morgan fingerprint density at radius 2 is 2.00 bits per heavy atom. The van der Waals surface area contributed by atoms with E-state index in [0.29, 0.717) is 10.8 Å². The van der Waals surface area contributed by atoms with Gasteiger partial charge in [-0.2, -0.15) is 0 Å². The smallest absolute Gasteiger partial charge is 0.257 e.